The average molecular weight is 246 g/mol. The van der Waals surface area contributed by atoms with Crippen LogP contribution in [0.2, 0.25) is 0 Å². The Morgan fingerprint density at radius 1 is 1.47 bits per heavy atom. The van der Waals surface area contributed by atoms with Crippen molar-refractivity contribution in [3.05, 3.63) is 29.6 Å². The lowest BCUT2D eigenvalue weighted by molar-refractivity contribution is -0.137. The first-order valence-electron chi connectivity index (χ1n) is 5.03. The van der Waals surface area contributed by atoms with E-state index in [-0.39, 0.29) is 11.5 Å². The fourth-order valence-corrected chi connectivity index (χ4v) is 1.13. The van der Waals surface area contributed by atoms with Crippen molar-refractivity contribution in [2.75, 3.05) is 6.54 Å². The van der Waals surface area contributed by atoms with Gasteiger partial charge in [-0.25, -0.2) is 5.84 Å². The van der Waals surface area contributed by atoms with Crippen LogP contribution in [-0.4, -0.2) is 17.4 Å². The number of pyridine rings is 1. The molecule has 0 radical (unpaired) electrons. The van der Waals surface area contributed by atoms with Crippen LogP contribution in [0.25, 0.3) is 0 Å². The van der Waals surface area contributed by atoms with Gasteiger partial charge in [-0.2, -0.15) is 13.2 Å². The highest BCUT2D eigenvalue weighted by Crippen LogP contribution is 2.28. The third-order valence-electron chi connectivity index (χ3n) is 1.96. The molecule has 1 aromatic rings. The lowest BCUT2D eigenvalue weighted by Gasteiger charge is -2.08. The predicted molar refractivity (Wildman–Crippen MR) is 58.3 cm³/mol. The van der Waals surface area contributed by atoms with Crippen molar-refractivity contribution in [1.29, 1.82) is 0 Å². The predicted octanol–water partition coefficient (Wildman–Crippen LogP) is 1.72. The van der Waals surface area contributed by atoms with E-state index in [0.29, 0.717) is 6.54 Å². The zero-order valence-electron chi connectivity index (χ0n) is 9.25. The molecule has 0 aliphatic carbocycles. The molecule has 1 heterocycles. The lowest BCUT2D eigenvalue weighted by Crippen LogP contribution is -2.32. The largest absolute Gasteiger partial charge is 0.417 e. The summed E-state index contributed by atoms with van der Waals surface area (Å²) in [5.41, 5.74) is 1.81. The first-order chi connectivity index (χ1) is 7.99. The van der Waals surface area contributed by atoms with Crippen molar-refractivity contribution in [3.63, 3.8) is 0 Å². The third kappa shape index (κ3) is 3.70. The quantitative estimate of drug-likeness (QED) is 0.369. The van der Waals surface area contributed by atoms with Crippen molar-refractivity contribution in [2.24, 2.45) is 10.8 Å². The van der Waals surface area contributed by atoms with E-state index in [1.165, 1.54) is 6.07 Å². The summed E-state index contributed by atoms with van der Waals surface area (Å²) in [4.78, 5) is 7.74. The Morgan fingerprint density at radius 2 is 2.18 bits per heavy atom. The van der Waals surface area contributed by atoms with Crippen LogP contribution in [-0.2, 0) is 6.18 Å². The summed E-state index contributed by atoms with van der Waals surface area (Å²) in [6, 6.07) is 2.18. The van der Waals surface area contributed by atoms with E-state index in [4.69, 9.17) is 5.84 Å². The van der Waals surface area contributed by atoms with Crippen LogP contribution in [0.3, 0.4) is 0 Å². The Morgan fingerprint density at radius 3 is 2.59 bits per heavy atom. The minimum atomic E-state index is -4.39. The summed E-state index contributed by atoms with van der Waals surface area (Å²) in [6.45, 7) is 2.46. The Balaban J connectivity index is 2.93. The fraction of sp³-hybridized carbons (Fsp3) is 0.400. The maximum Gasteiger partial charge on any atom is 0.417 e. The SMILES string of the molecule is CCCN=C(NN)c1ccc(C(F)(F)F)cn1. The molecule has 0 aliphatic heterocycles. The molecule has 0 amide bonds. The molecule has 17 heavy (non-hydrogen) atoms. The average Bonchev–Trinajstić information content (AvgIpc) is 2.29. The molecule has 0 bridgehead atoms. The van der Waals surface area contributed by atoms with Gasteiger partial charge in [0.05, 0.1) is 5.56 Å². The van der Waals surface area contributed by atoms with Gasteiger partial charge in [0.2, 0.25) is 0 Å². The van der Waals surface area contributed by atoms with E-state index in [1.807, 2.05) is 6.92 Å². The van der Waals surface area contributed by atoms with Crippen molar-refractivity contribution in [3.8, 4) is 0 Å². The highest BCUT2D eigenvalue weighted by atomic mass is 19.4. The molecule has 0 spiro atoms. The zero-order chi connectivity index (χ0) is 12.9. The molecule has 0 aromatic carbocycles. The van der Waals surface area contributed by atoms with Crippen LogP contribution >= 0.6 is 0 Å². The lowest BCUT2D eigenvalue weighted by atomic mass is 10.2. The topological polar surface area (TPSA) is 63.3 Å². The van der Waals surface area contributed by atoms with Gasteiger partial charge in [-0.1, -0.05) is 6.92 Å². The van der Waals surface area contributed by atoms with Gasteiger partial charge < -0.3 is 5.43 Å². The van der Waals surface area contributed by atoms with Crippen LogP contribution in [0, 0.1) is 0 Å². The number of aliphatic imine (C=N–C) groups is 1. The van der Waals surface area contributed by atoms with E-state index in [2.05, 4.69) is 15.4 Å². The molecule has 1 aromatic heterocycles. The summed E-state index contributed by atoms with van der Waals surface area (Å²) < 4.78 is 36.9. The zero-order valence-corrected chi connectivity index (χ0v) is 9.25. The molecule has 0 unspecified atom stereocenters. The number of amidine groups is 1. The van der Waals surface area contributed by atoms with Gasteiger partial charge in [-0.05, 0) is 18.6 Å². The number of hydrogen-bond acceptors (Lipinski definition) is 3. The molecule has 3 N–H and O–H groups in total. The Hall–Kier alpha value is -1.63. The van der Waals surface area contributed by atoms with E-state index in [0.717, 1.165) is 18.7 Å². The van der Waals surface area contributed by atoms with E-state index in [9.17, 15) is 13.2 Å². The van der Waals surface area contributed by atoms with E-state index in [1.54, 1.807) is 0 Å². The van der Waals surface area contributed by atoms with Gasteiger partial charge >= 0.3 is 6.18 Å². The maximum atomic E-state index is 12.3. The van der Waals surface area contributed by atoms with Crippen LogP contribution in [0.15, 0.2) is 23.3 Å². The second-order valence-electron chi connectivity index (χ2n) is 3.30. The standard InChI is InChI=1S/C10H13F3N4/c1-2-5-15-9(17-14)8-4-3-7(6-16-8)10(11,12)13/h3-4,6H,2,5,14H2,1H3,(H,15,17). The number of hydrazine groups is 1. The first-order valence-corrected chi connectivity index (χ1v) is 5.03. The third-order valence-corrected chi connectivity index (χ3v) is 1.96. The number of alkyl halides is 3. The van der Waals surface area contributed by atoms with Crippen LogP contribution in [0.1, 0.15) is 24.6 Å². The minimum absolute atomic E-state index is 0.278. The number of rotatable bonds is 3. The molecular formula is C10H13F3N4. The van der Waals surface area contributed by atoms with E-state index >= 15 is 0 Å². The molecule has 0 fully saturated rings. The Bertz CT molecular complexity index is 384. The maximum absolute atomic E-state index is 12.3. The van der Waals surface area contributed by atoms with Gasteiger partial charge in [0.1, 0.15) is 5.69 Å². The molecule has 1 rings (SSSR count). The minimum Gasteiger partial charge on any atom is -0.307 e. The summed E-state index contributed by atoms with van der Waals surface area (Å²) in [7, 11) is 0. The second kappa shape index (κ2) is 5.62. The van der Waals surface area contributed by atoms with Crippen LogP contribution in [0.5, 0.6) is 0 Å². The second-order valence-corrected chi connectivity index (χ2v) is 3.30. The normalized spacial score (nSPS) is 12.6. The molecule has 0 saturated heterocycles. The van der Waals surface area contributed by atoms with Crippen LogP contribution in [0.4, 0.5) is 13.2 Å². The highest BCUT2D eigenvalue weighted by Gasteiger charge is 2.30. The first kappa shape index (κ1) is 13.4. The number of halogens is 3. The van der Waals surface area contributed by atoms with Gasteiger partial charge in [-0.3, -0.25) is 9.98 Å². The Kier molecular flexibility index (Phi) is 4.45. The molecule has 0 aliphatic rings. The van der Waals surface area contributed by atoms with Crippen molar-refractivity contribution >= 4 is 5.84 Å². The molecule has 0 atom stereocenters. The summed E-state index contributed by atoms with van der Waals surface area (Å²) >= 11 is 0. The monoisotopic (exact) mass is 246 g/mol. The van der Waals surface area contributed by atoms with Crippen molar-refractivity contribution in [1.82, 2.24) is 10.4 Å². The summed E-state index contributed by atoms with van der Waals surface area (Å²) in [5, 5.41) is 0. The molecule has 4 nitrogen and oxygen atoms in total. The number of hydrogen-bond donors (Lipinski definition) is 2. The fourth-order valence-electron chi connectivity index (χ4n) is 1.13. The number of nitrogens with zero attached hydrogens (tertiary/aromatic N) is 2. The number of nitrogens with two attached hydrogens (primary N) is 1. The molecule has 7 heteroatoms. The molecule has 0 saturated carbocycles. The highest BCUT2D eigenvalue weighted by molar-refractivity contribution is 5.96. The van der Waals surface area contributed by atoms with Crippen molar-refractivity contribution < 1.29 is 13.2 Å². The van der Waals surface area contributed by atoms with Crippen molar-refractivity contribution in [2.45, 2.75) is 19.5 Å². The van der Waals surface area contributed by atoms with Gasteiger partial charge in [0.25, 0.3) is 0 Å². The van der Waals surface area contributed by atoms with E-state index < -0.39 is 11.7 Å². The van der Waals surface area contributed by atoms with Gasteiger partial charge in [-0.15, -0.1) is 0 Å². The smallest absolute Gasteiger partial charge is 0.307 e. The summed E-state index contributed by atoms with van der Waals surface area (Å²) in [6.07, 6.45) is -2.82. The van der Waals surface area contributed by atoms with Gasteiger partial charge in [0.15, 0.2) is 5.84 Å². The molecular weight excluding hydrogens is 233 g/mol. The Labute approximate surface area is 96.7 Å². The van der Waals surface area contributed by atoms with Crippen LogP contribution < -0.4 is 11.3 Å². The summed E-state index contributed by atoms with van der Waals surface area (Å²) in [5.74, 6) is 5.50. The number of aromatic nitrogens is 1. The number of nitrogens with one attached hydrogen (secondary N) is 1. The molecule has 94 valence electrons. The van der Waals surface area contributed by atoms with Gasteiger partial charge in [0, 0.05) is 12.7 Å².